The number of halogens is 2. The number of carbonyl (C=O) groups excluding carboxylic acids is 1. The SMILES string of the molecule is O=C(CCc1ncc(-c2ccccc2Cl)o1)Nc1cccc(F)c1. The van der Waals surface area contributed by atoms with Gasteiger partial charge in [0, 0.05) is 24.1 Å². The average molecular weight is 345 g/mol. The fraction of sp³-hybridized carbons (Fsp3) is 0.111. The number of hydrogen-bond acceptors (Lipinski definition) is 3. The Hall–Kier alpha value is -2.66. The van der Waals surface area contributed by atoms with E-state index in [0.29, 0.717) is 28.8 Å². The second-order valence-corrected chi connectivity index (χ2v) is 5.56. The van der Waals surface area contributed by atoms with Crippen molar-refractivity contribution in [3.63, 3.8) is 0 Å². The highest BCUT2D eigenvalue weighted by atomic mass is 35.5. The van der Waals surface area contributed by atoms with Crippen LogP contribution < -0.4 is 5.32 Å². The van der Waals surface area contributed by atoms with Crippen LogP contribution in [0.5, 0.6) is 0 Å². The topological polar surface area (TPSA) is 55.1 Å². The van der Waals surface area contributed by atoms with Crippen LogP contribution >= 0.6 is 11.6 Å². The molecular weight excluding hydrogens is 331 g/mol. The molecule has 1 heterocycles. The van der Waals surface area contributed by atoms with Gasteiger partial charge in [-0.25, -0.2) is 9.37 Å². The van der Waals surface area contributed by atoms with E-state index in [1.165, 1.54) is 18.2 Å². The van der Waals surface area contributed by atoms with E-state index >= 15 is 0 Å². The molecule has 0 aliphatic rings. The van der Waals surface area contributed by atoms with Crippen molar-refractivity contribution in [3.05, 3.63) is 71.5 Å². The third-order valence-electron chi connectivity index (χ3n) is 3.37. The molecule has 122 valence electrons. The normalized spacial score (nSPS) is 10.6. The molecule has 0 saturated heterocycles. The van der Waals surface area contributed by atoms with Crippen LogP contribution in [0.25, 0.3) is 11.3 Å². The van der Waals surface area contributed by atoms with Crippen molar-refractivity contribution >= 4 is 23.2 Å². The predicted molar refractivity (Wildman–Crippen MR) is 90.3 cm³/mol. The van der Waals surface area contributed by atoms with Crippen molar-refractivity contribution in [1.29, 1.82) is 0 Å². The molecule has 4 nitrogen and oxygen atoms in total. The number of amides is 1. The molecule has 0 fully saturated rings. The number of aromatic nitrogens is 1. The zero-order valence-corrected chi connectivity index (χ0v) is 13.4. The average Bonchev–Trinajstić information content (AvgIpc) is 3.02. The molecule has 0 saturated carbocycles. The quantitative estimate of drug-likeness (QED) is 0.729. The molecule has 0 radical (unpaired) electrons. The summed E-state index contributed by atoms with van der Waals surface area (Å²) in [4.78, 5) is 16.1. The molecule has 3 rings (SSSR count). The van der Waals surface area contributed by atoms with Gasteiger partial charge in [0.1, 0.15) is 5.82 Å². The molecular formula is C18H14ClFN2O2. The summed E-state index contributed by atoms with van der Waals surface area (Å²) < 4.78 is 18.7. The smallest absolute Gasteiger partial charge is 0.224 e. The van der Waals surface area contributed by atoms with Crippen molar-refractivity contribution in [3.8, 4) is 11.3 Å². The van der Waals surface area contributed by atoms with Gasteiger partial charge < -0.3 is 9.73 Å². The van der Waals surface area contributed by atoms with Crippen LogP contribution in [0.3, 0.4) is 0 Å². The van der Waals surface area contributed by atoms with E-state index in [1.807, 2.05) is 18.2 Å². The number of hydrogen-bond donors (Lipinski definition) is 1. The summed E-state index contributed by atoms with van der Waals surface area (Å²) in [6, 6.07) is 13.0. The van der Waals surface area contributed by atoms with Gasteiger partial charge >= 0.3 is 0 Å². The summed E-state index contributed by atoms with van der Waals surface area (Å²) in [5, 5.41) is 3.20. The molecule has 24 heavy (non-hydrogen) atoms. The molecule has 3 aromatic rings. The third kappa shape index (κ3) is 4.00. The Kier molecular flexibility index (Phi) is 4.91. The van der Waals surface area contributed by atoms with Crippen molar-refractivity contribution in [2.24, 2.45) is 0 Å². The van der Waals surface area contributed by atoms with Gasteiger partial charge in [-0.05, 0) is 30.3 Å². The lowest BCUT2D eigenvalue weighted by Crippen LogP contribution is -2.12. The van der Waals surface area contributed by atoms with Crippen LogP contribution in [0.1, 0.15) is 12.3 Å². The second kappa shape index (κ2) is 7.27. The molecule has 1 aromatic heterocycles. The minimum absolute atomic E-state index is 0.180. The molecule has 0 aliphatic heterocycles. The maximum atomic E-state index is 13.1. The van der Waals surface area contributed by atoms with E-state index in [4.69, 9.17) is 16.0 Å². The summed E-state index contributed by atoms with van der Waals surface area (Å²) in [5.74, 6) is 0.364. The van der Waals surface area contributed by atoms with Gasteiger partial charge in [-0.3, -0.25) is 4.79 Å². The first-order valence-electron chi connectivity index (χ1n) is 7.37. The minimum Gasteiger partial charge on any atom is -0.441 e. The number of oxazole rings is 1. The lowest BCUT2D eigenvalue weighted by atomic mass is 10.2. The molecule has 0 atom stereocenters. The van der Waals surface area contributed by atoms with Crippen molar-refractivity contribution in [2.45, 2.75) is 12.8 Å². The summed E-state index contributed by atoms with van der Waals surface area (Å²) in [6.45, 7) is 0. The van der Waals surface area contributed by atoms with Crippen LogP contribution in [-0.4, -0.2) is 10.9 Å². The first-order valence-corrected chi connectivity index (χ1v) is 7.74. The molecule has 0 bridgehead atoms. The summed E-state index contributed by atoms with van der Waals surface area (Å²) in [5.41, 5.74) is 1.17. The summed E-state index contributed by atoms with van der Waals surface area (Å²) in [7, 11) is 0. The number of carbonyl (C=O) groups is 1. The predicted octanol–water partition coefficient (Wildman–Crippen LogP) is 4.71. The van der Waals surface area contributed by atoms with Crippen LogP contribution in [0.2, 0.25) is 5.02 Å². The molecule has 2 aromatic carbocycles. The Morgan fingerprint density at radius 3 is 2.83 bits per heavy atom. The van der Waals surface area contributed by atoms with Crippen LogP contribution in [-0.2, 0) is 11.2 Å². The van der Waals surface area contributed by atoms with Gasteiger partial charge in [0.2, 0.25) is 5.91 Å². The molecule has 0 unspecified atom stereocenters. The number of anilines is 1. The Labute approximate surface area is 143 Å². The van der Waals surface area contributed by atoms with Crippen LogP contribution in [0, 0.1) is 5.82 Å². The maximum absolute atomic E-state index is 13.1. The molecule has 0 spiro atoms. The van der Waals surface area contributed by atoms with E-state index in [2.05, 4.69) is 10.3 Å². The fourth-order valence-electron chi connectivity index (χ4n) is 2.22. The Balaban J connectivity index is 1.59. The summed E-state index contributed by atoms with van der Waals surface area (Å²) in [6.07, 6.45) is 2.10. The lowest BCUT2D eigenvalue weighted by molar-refractivity contribution is -0.116. The van der Waals surface area contributed by atoms with E-state index in [1.54, 1.807) is 18.3 Å². The number of nitrogens with zero attached hydrogens (tertiary/aromatic N) is 1. The zero-order valence-electron chi connectivity index (χ0n) is 12.6. The second-order valence-electron chi connectivity index (χ2n) is 5.16. The van der Waals surface area contributed by atoms with Crippen LogP contribution in [0.15, 0.2) is 59.1 Å². The van der Waals surface area contributed by atoms with Gasteiger partial charge in [0.15, 0.2) is 11.7 Å². The Bertz CT molecular complexity index is 863. The first kappa shape index (κ1) is 16.2. The lowest BCUT2D eigenvalue weighted by Gasteiger charge is -2.04. The molecule has 1 N–H and O–H groups in total. The van der Waals surface area contributed by atoms with Gasteiger partial charge in [-0.2, -0.15) is 0 Å². The van der Waals surface area contributed by atoms with Gasteiger partial charge in [-0.1, -0.05) is 29.8 Å². The largest absolute Gasteiger partial charge is 0.441 e. The van der Waals surface area contributed by atoms with E-state index in [-0.39, 0.29) is 12.3 Å². The van der Waals surface area contributed by atoms with Gasteiger partial charge in [0.05, 0.1) is 11.2 Å². The van der Waals surface area contributed by atoms with Gasteiger partial charge in [-0.15, -0.1) is 0 Å². The maximum Gasteiger partial charge on any atom is 0.224 e. The Morgan fingerprint density at radius 2 is 2.04 bits per heavy atom. The number of aryl methyl sites for hydroxylation is 1. The van der Waals surface area contributed by atoms with E-state index < -0.39 is 5.82 Å². The van der Waals surface area contributed by atoms with Crippen LogP contribution in [0.4, 0.5) is 10.1 Å². The van der Waals surface area contributed by atoms with E-state index in [9.17, 15) is 9.18 Å². The van der Waals surface area contributed by atoms with Gasteiger partial charge in [0.25, 0.3) is 0 Å². The van der Waals surface area contributed by atoms with Crippen molar-refractivity contribution in [2.75, 3.05) is 5.32 Å². The minimum atomic E-state index is -0.398. The number of rotatable bonds is 5. The fourth-order valence-corrected chi connectivity index (χ4v) is 2.45. The summed E-state index contributed by atoms with van der Waals surface area (Å²) >= 11 is 6.12. The molecule has 1 amide bonds. The zero-order chi connectivity index (χ0) is 16.9. The monoisotopic (exact) mass is 344 g/mol. The highest BCUT2D eigenvalue weighted by molar-refractivity contribution is 6.33. The first-order chi connectivity index (χ1) is 11.6. The Morgan fingerprint density at radius 1 is 1.21 bits per heavy atom. The molecule has 6 heteroatoms. The van der Waals surface area contributed by atoms with E-state index in [0.717, 1.165) is 5.56 Å². The molecule has 0 aliphatic carbocycles. The van der Waals surface area contributed by atoms with Crippen molar-refractivity contribution in [1.82, 2.24) is 4.98 Å². The third-order valence-corrected chi connectivity index (χ3v) is 3.70. The highest BCUT2D eigenvalue weighted by Crippen LogP contribution is 2.28. The highest BCUT2D eigenvalue weighted by Gasteiger charge is 2.11. The number of benzene rings is 2. The number of nitrogens with one attached hydrogen (secondary N) is 1. The van der Waals surface area contributed by atoms with Crippen molar-refractivity contribution < 1.29 is 13.6 Å². The standard InChI is InChI=1S/C18H14ClFN2O2/c19-15-7-2-1-6-14(15)16-11-21-18(24-16)9-8-17(23)22-13-5-3-4-12(20)10-13/h1-7,10-11H,8-9H2,(H,22,23).